The van der Waals surface area contributed by atoms with Gasteiger partial charge in [0.1, 0.15) is 10.9 Å². The van der Waals surface area contributed by atoms with E-state index in [1.807, 2.05) is 6.07 Å². The van der Waals surface area contributed by atoms with Crippen LogP contribution in [-0.2, 0) is 9.53 Å². The summed E-state index contributed by atoms with van der Waals surface area (Å²) >= 11 is 1.25. The lowest BCUT2D eigenvalue weighted by atomic mass is 9.82. The van der Waals surface area contributed by atoms with E-state index in [4.69, 9.17) is 19.9 Å². The van der Waals surface area contributed by atoms with Crippen LogP contribution in [0.15, 0.2) is 69.4 Å². The third-order valence-electron chi connectivity index (χ3n) is 5.33. The zero-order valence-corrected chi connectivity index (χ0v) is 18.4. The van der Waals surface area contributed by atoms with Crippen LogP contribution < -0.4 is 15.2 Å². The van der Waals surface area contributed by atoms with E-state index in [2.05, 4.69) is 6.07 Å². The van der Waals surface area contributed by atoms with Gasteiger partial charge in [0.25, 0.3) is 5.91 Å². The topological polar surface area (TPSA) is 115 Å². The van der Waals surface area contributed by atoms with Gasteiger partial charge in [0.15, 0.2) is 11.5 Å². The molecule has 2 aromatic rings. The fraction of sp³-hybridized carbons (Fsp3) is 0.174. The van der Waals surface area contributed by atoms with Crippen LogP contribution in [0, 0.1) is 11.3 Å². The Hall–Kier alpha value is -3.90. The molecule has 0 saturated carbocycles. The van der Waals surface area contributed by atoms with Crippen molar-refractivity contribution in [1.82, 2.24) is 4.90 Å². The number of esters is 1. The molecule has 1 amide bonds. The second-order valence-electron chi connectivity index (χ2n) is 6.88. The van der Waals surface area contributed by atoms with Crippen LogP contribution in [0.3, 0.4) is 0 Å². The molecule has 0 radical (unpaired) electrons. The number of rotatable bonds is 4. The minimum absolute atomic E-state index is 0.0207. The van der Waals surface area contributed by atoms with Gasteiger partial charge in [0.2, 0.25) is 0 Å². The summed E-state index contributed by atoms with van der Waals surface area (Å²) in [5.74, 6) is -1.40. The summed E-state index contributed by atoms with van der Waals surface area (Å²) in [5, 5.41) is 10.5. The molecule has 2 aliphatic rings. The average molecular weight is 449 g/mol. The molecule has 8 nitrogen and oxygen atoms in total. The van der Waals surface area contributed by atoms with Gasteiger partial charge in [-0.1, -0.05) is 36.0 Å². The minimum Gasteiger partial charge on any atom is -0.493 e. The van der Waals surface area contributed by atoms with E-state index in [0.29, 0.717) is 32.6 Å². The molecule has 4 rings (SSSR count). The molecule has 1 unspecified atom stereocenters. The Morgan fingerprint density at radius 2 is 1.88 bits per heavy atom. The van der Waals surface area contributed by atoms with Crippen LogP contribution in [0.5, 0.6) is 11.5 Å². The van der Waals surface area contributed by atoms with E-state index >= 15 is 0 Å². The van der Waals surface area contributed by atoms with E-state index in [0.717, 1.165) is 0 Å². The maximum absolute atomic E-state index is 13.3. The van der Waals surface area contributed by atoms with Crippen molar-refractivity contribution in [1.29, 1.82) is 5.26 Å². The monoisotopic (exact) mass is 449 g/mol. The lowest BCUT2D eigenvalue weighted by Gasteiger charge is -2.38. The number of fused-ring (bicyclic) bond motifs is 2. The van der Waals surface area contributed by atoms with Crippen molar-refractivity contribution < 1.29 is 23.8 Å². The van der Waals surface area contributed by atoms with Gasteiger partial charge in [-0.2, -0.15) is 5.26 Å². The summed E-state index contributed by atoms with van der Waals surface area (Å²) < 4.78 is 16.0. The second kappa shape index (κ2) is 8.32. The number of allylic oxidation sites excluding steroid dienone is 1. The van der Waals surface area contributed by atoms with Gasteiger partial charge in [0.05, 0.1) is 50.0 Å². The molecule has 2 heterocycles. The number of nitrogens with zero attached hydrogens (tertiary/aromatic N) is 2. The fourth-order valence-corrected chi connectivity index (χ4v) is 5.09. The number of nitrogens with two attached hydrogens (primary N) is 1. The molecule has 0 spiro atoms. The first-order valence-corrected chi connectivity index (χ1v) is 10.3. The van der Waals surface area contributed by atoms with Crippen LogP contribution in [-0.4, -0.2) is 38.1 Å². The second-order valence-corrected chi connectivity index (χ2v) is 7.91. The number of hydrogen-bond acceptors (Lipinski definition) is 8. The first-order valence-electron chi connectivity index (χ1n) is 9.52. The average Bonchev–Trinajstić information content (AvgIpc) is 2.82. The molecule has 1 atom stereocenters. The Kier molecular flexibility index (Phi) is 5.55. The van der Waals surface area contributed by atoms with Crippen molar-refractivity contribution in [3.05, 3.63) is 75.6 Å². The van der Waals surface area contributed by atoms with Crippen molar-refractivity contribution in [3.63, 3.8) is 0 Å². The van der Waals surface area contributed by atoms with Gasteiger partial charge >= 0.3 is 5.97 Å². The van der Waals surface area contributed by atoms with Crippen molar-refractivity contribution in [2.24, 2.45) is 5.73 Å². The maximum atomic E-state index is 13.3. The molecule has 2 aromatic carbocycles. The summed E-state index contributed by atoms with van der Waals surface area (Å²) in [7, 11) is 4.18. The van der Waals surface area contributed by atoms with Crippen LogP contribution in [0.25, 0.3) is 0 Å². The number of carbonyl (C=O) groups excluding carboxylic acids is 2. The van der Waals surface area contributed by atoms with Crippen molar-refractivity contribution in [2.45, 2.75) is 10.8 Å². The van der Waals surface area contributed by atoms with Crippen molar-refractivity contribution in [2.75, 3.05) is 21.3 Å². The Bertz CT molecular complexity index is 1240. The summed E-state index contributed by atoms with van der Waals surface area (Å²) in [6, 6.07) is 14.4. The summed E-state index contributed by atoms with van der Waals surface area (Å²) in [6.07, 6.45) is 0. The smallest absolute Gasteiger partial charge is 0.338 e. The Morgan fingerprint density at radius 3 is 2.53 bits per heavy atom. The quantitative estimate of drug-likeness (QED) is 0.708. The highest BCUT2D eigenvalue weighted by molar-refractivity contribution is 8.03. The van der Waals surface area contributed by atoms with Crippen molar-refractivity contribution >= 4 is 23.6 Å². The summed E-state index contributed by atoms with van der Waals surface area (Å²) in [4.78, 5) is 28.1. The molecular formula is C23H19N3O5S. The first kappa shape index (κ1) is 21.3. The fourth-order valence-electron chi connectivity index (χ4n) is 3.92. The minimum atomic E-state index is -0.922. The number of amides is 1. The van der Waals surface area contributed by atoms with Gasteiger partial charge in [-0.25, -0.2) is 4.79 Å². The number of benzene rings is 2. The predicted molar refractivity (Wildman–Crippen MR) is 117 cm³/mol. The molecule has 2 N–H and O–H groups in total. The Labute approximate surface area is 188 Å². The third kappa shape index (κ3) is 3.08. The molecule has 32 heavy (non-hydrogen) atoms. The number of nitriles is 1. The number of methoxy groups -OCH3 is 3. The lowest BCUT2D eigenvalue weighted by molar-refractivity contribution is -0.136. The van der Waals surface area contributed by atoms with E-state index < -0.39 is 17.8 Å². The zero-order chi connectivity index (χ0) is 23.0. The van der Waals surface area contributed by atoms with E-state index in [1.165, 1.54) is 38.0 Å². The van der Waals surface area contributed by atoms with Crippen LogP contribution in [0.1, 0.15) is 21.8 Å². The first-order chi connectivity index (χ1) is 15.5. The molecule has 0 aromatic heterocycles. The van der Waals surface area contributed by atoms with Crippen LogP contribution in [0.4, 0.5) is 0 Å². The maximum Gasteiger partial charge on any atom is 0.338 e. The normalized spacial score (nSPS) is 17.4. The highest BCUT2D eigenvalue weighted by atomic mass is 32.2. The lowest BCUT2D eigenvalue weighted by Crippen LogP contribution is -2.42. The van der Waals surface area contributed by atoms with Crippen molar-refractivity contribution in [3.8, 4) is 17.6 Å². The van der Waals surface area contributed by atoms with Gasteiger partial charge in [-0.15, -0.1) is 0 Å². The molecule has 2 aliphatic heterocycles. The molecule has 0 aliphatic carbocycles. The van der Waals surface area contributed by atoms with Gasteiger partial charge in [0, 0.05) is 10.5 Å². The summed E-state index contributed by atoms with van der Waals surface area (Å²) in [6.45, 7) is 0. The van der Waals surface area contributed by atoms with Gasteiger partial charge < -0.3 is 19.9 Å². The number of hydrogen-bond donors (Lipinski definition) is 1. The number of carbonyl (C=O) groups is 2. The van der Waals surface area contributed by atoms with Crippen LogP contribution in [0.2, 0.25) is 0 Å². The third-order valence-corrected chi connectivity index (χ3v) is 6.50. The molecular weight excluding hydrogens is 430 g/mol. The predicted octanol–water partition coefficient (Wildman–Crippen LogP) is 3.13. The molecule has 0 fully saturated rings. The number of para-hydroxylation sites is 1. The van der Waals surface area contributed by atoms with E-state index in [9.17, 15) is 14.9 Å². The standard InChI is InChI=1S/C23H19N3O5S/c1-29-15-9-6-8-13(19(15)30-2)17-14(11-24)22-26(20(25)18(17)23(28)31-3)21(27)12-7-4-5-10-16(12)32-22/h4-10,17H,25H2,1-3H3. The zero-order valence-electron chi connectivity index (χ0n) is 17.5. The Morgan fingerprint density at radius 1 is 1.12 bits per heavy atom. The number of thioether (sulfide) groups is 1. The molecule has 9 heteroatoms. The highest BCUT2D eigenvalue weighted by Gasteiger charge is 2.45. The largest absolute Gasteiger partial charge is 0.493 e. The SMILES string of the molecule is COC(=O)C1=C(N)N2C(=O)c3ccccc3SC2=C(C#N)C1c1cccc(OC)c1OC. The molecule has 0 bridgehead atoms. The summed E-state index contributed by atoms with van der Waals surface area (Å²) in [5.41, 5.74) is 7.50. The van der Waals surface area contributed by atoms with E-state index in [1.54, 1.807) is 36.4 Å². The molecule has 0 saturated heterocycles. The van der Waals surface area contributed by atoms with Gasteiger partial charge in [-0.3, -0.25) is 9.69 Å². The molecule has 162 valence electrons. The van der Waals surface area contributed by atoms with E-state index in [-0.39, 0.29) is 17.0 Å². The van der Waals surface area contributed by atoms with Crippen LogP contribution >= 0.6 is 11.8 Å². The highest BCUT2D eigenvalue weighted by Crippen LogP contribution is 2.52. The number of ether oxygens (including phenoxy) is 3. The Balaban J connectivity index is 2.05. The van der Waals surface area contributed by atoms with Gasteiger partial charge in [-0.05, 0) is 18.2 Å².